The van der Waals surface area contributed by atoms with E-state index in [0.717, 1.165) is 19.5 Å². The number of nitrogens with zero attached hydrogens (tertiary/aromatic N) is 2. The molecule has 1 aliphatic rings. The molecule has 2 amide bonds. The Hall–Kier alpha value is -2.38. The topological polar surface area (TPSA) is 88.0 Å². The Morgan fingerprint density at radius 2 is 1.85 bits per heavy atom. The smallest absolute Gasteiger partial charge is 0.248 e. The van der Waals surface area contributed by atoms with E-state index in [1.807, 2.05) is 42.6 Å². The fourth-order valence-electron chi connectivity index (χ4n) is 3.30. The van der Waals surface area contributed by atoms with Gasteiger partial charge in [-0.15, -0.1) is 12.4 Å². The van der Waals surface area contributed by atoms with Gasteiger partial charge in [0.15, 0.2) is 0 Å². The first-order chi connectivity index (χ1) is 12.7. The van der Waals surface area contributed by atoms with Crippen molar-refractivity contribution in [1.29, 1.82) is 0 Å². The van der Waals surface area contributed by atoms with Gasteiger partial charge in [0.2, 0.25) is 11.8 Å². The van der Waals surface area contributed by atoms with Crippen molar-refractivity contribution in [2.24, 2.45) is 0 Å². The van der Waals surface area contributed by atoms with Crippen molar-refractivity contribution in [2.45, 2.75) is 24.8 Å². The lowest BCUT2D eigenvalue weighted by molar-refractivity contribution is -0.134. The third-order valence-electron chi connectivity index (χ3n) is 4.78. The summed E-state index contributed by atoms with van der Waals surface area (Å²) in [5.41, 5.74) is 0.447. The molecule has 8 heteroatoms. The van der Waals surface area contributed by atoms with Crippen LogP contribution in [0.3, 0.4) is 0 Å². The largest absolute Gasteiger partial charge is 0.354 e. The van der Waals surface area contributed by atoms with Crippen LogP contribution < -0.4 is 16.0 Å². The fourth-order valence-corrected chi connectivity index (χ4v) is 3.30. The molecule has 0 bridgehead atoms. The summed E-state index contributed by atoms with van der Waals surface area (Å²) >= 11 is 0. The van der Waals surface area contributed by atoms with Crippen LogP contribution in [0.1, 0.15) is 18.4 Å². The van der Waals surface area contributed by atoms with E-state index in [0.29, 0.717) is 19.4 Å². The summed E-state index contributed by atoms with van der Waals surface area (Å²) in [7, 11) is 0. The van der Waals surface area contributed by atoms with Gasteiger partial charge >= 0.3 is 0 Å². The summed E-state index contributed by atoms with van der Waals surface area (Å²) < 4.78 is 1.72. The molecule has 1 aromatic heterocycles. The van der Waals surface area contributed by atoms with Crippen molar-refractivity contribution in [3.8, 4) is 0 Å². The first-order valence-electron chi connectivity index (χ1n) is 9.00. The molecule has 0 unspecified atom stereocenters. The molecule has 146 valence electrons. The molecule has 1 saturated heterocycles. The maximum absolute atomic E-state index is 12.8. The van der Waals surface area contributed by atoms with E-state index in [-0.39, 0.29) is 30.8 Å². The molecule has 2 heterocycles. The minimum atomic E-state index is -0.723. The van der Waals surface area contributed by atoms with Crippen molar-refractivity contribution in [1.82, 2.24) is 25.7 Å². The molecule has 1 fully saturated rings. The number of aromatic nitrogens is 2. The van der Waals surface area contributed by atoms with Gasteiger partial charge in [-0.3, -0.25) is 14.3 Å². The van der Waals surface area contributed by atoms with E-state index < -0.39 is 5.54 Å². The molecule has 0 spiro atoms. The van der Waals surface area contributed by atoms with Gasteiger partial charge in [0.1, 0.15) is 5.54 Å². The summed E-state index contributed by atoms with van der Waals surface area (Å²) in [5.74, 6) is -0.334. The molecule has 27 heavy (non-hydrogen) atoms. The quantitative estimate of drug-likeness (QED) is 0.653. The van der Waals surface area contributed by atoms with Gasteiger partial charge in [0.25, 0.3) is 0 Å². The van der Waals surface area contributed by atoms with Gasteiger partial charge in [0, 0.05) is 18.9 Å². The molecule has 0 radical (unpaired) electrons. The maximum atomic E-state index is 12.8. The molecule has 0 saturated carbocycles. The molecular weight excluding hydrogens is 366 g/mol. The summed E-state index contributed by atoms with van der Waals surface area (Å²) in [4.78, 5) is 24.9. The van der Waals surface area contributed by atoms with Crippen LogP contribution in [0.5, 0.6) is 0 Å². The van der Waals surface area contributed by atoms with Crippen molar-refractivity contribution in [3.63, 3.8) is 0 Å². The highest BCUT2D eigenvalue weighted by Gasteiger charge is 2.41. The highest BCUT2D eigenvalue weighted by Crippen LogP contribution is 2.26. The van der Waals surface area contributed by atoms with E-state index in [9.17, 15) is 9.59 Å². The highest BCUT2D eigenvalue weighted by molar-refractivity contribution is 5.89. The summed E-state index contributed by atoms with van der Waals surface area (Å²) in [6, 6.07) is 11.8. The molecule has 2 aromatic rings. The number of hydrogen-bond donors (Lipinski definition) is 3. The second-order valence-corrected chi connectivity index (χ2v) is 6.50. The van der Waals surface area contributed by atoms with E-state index in [4.69, 9.17) is 0 Å². The Morgan fingerprint density at radius 3 is 2.52 bits per heavy atom. The number of benzene rings is 1. The Kier molecular flexibility index (Phi) is 7.82. The number of nitrogens with one attached hydrogen (secondary N) is 3. The Balaban J connectivity index is 0.00000261. The lowest BCUT2D eigenvalue weighted by Gasteiger charge is -2.36. The van der Waals surface area contributed by atoms with Crippen molar-refractivity contribution >= 4 is 24.2 Å². The number of piperidine rings is 1. The first kappa shape index (κ1) is 20.9. The number of hydrogen-bond acceptors (Lipinski definition) is 4. The normalized spacial score (nSPS) is 15.4. The zero-order valence-electron chi connectivity index (χ0n) is 15.2. The lowest BCUT2D eigenvalue weighted by atomic mass is 9.87. The third-order valence-corrected chi connectivity index (χ3v) is 4.78. The van der Waals surface area contributed by atoms with Crippen LogP contribution in [-0.2, 0) is 21.5 Å². The van der Waals surface area contributed by atoms with Gasteiger partial charge in [0.05, 0.1) is 6.54 Å². The third kappa shape index (κ3) is 5.30. The number of rotatable bonds is 7. The van der Waals surface area contributed by atoms with Crippen LogP contribution in [0, 0.1) is 0 Å². The average molecular weight is 392 g/mol. The summed E-state index contributed by atoms with van der Waals surface area (Å²) in [6.45, 7) is 2.02. The second kappa shape index (κ2) is 10.1. The van der Waals surface area contributed by atoms with E-state index in [2.05, 4.69) is 21.0 Å². The predicted molar refractivity (Wildman–Crippen MR) is 106 cm³/mol. The fraction of sp³-hybridized carbons (Fsp3) is 0.421. The van der Waals surface area contributed by atoms with Crippen LogP contribution in [0.25, 0.3) is 0 Å². The molecular formula is C19H26ClN5O2. The van der Waals surface area contributed by atoms with Gasteiger partial charge < -0.3 is 16.0 Å². The molecule has 3 N–H and O–H groups in total. The SMILES string of the molecule is Cl.O=C(CNC(=O)C1(n2cccn2)CCNCC1)NCCc1ccccc1. The first-order valence-corrected chi connectivity index (χ1v) is 9.00. The van der Waals surface area contributed by atoms with E-state index in [1.165, 1.54) is 5.56 Å². The van der Waals surface area contributed by atoms with Gasteiger partial charge in [-0.25, -0.2) is 0 Å². The van der Waals surface area contributed by atoms with Gasteiger partial charge in [-0.2, -0.15) is 5.10 Å². The van der Waals surface area contributed by atoms with Crippen molar-refractivity contribution in [3.05, 3.63) is 54.4 Å². The lowest BCUT2D eigenvalue weighted by Crippen LogP contribution is -2.55. The summed E-state index contributed by atoms with van der Waals surface area (Å²) in [5, 5.41) is 13.2. The van der Waals surface area contributed by atoms with Crippen LogP contribution in [0.15, 0.2) is 48.8 Å². The standard InChI is InChI=1S/C19H25N5O2.ClH/c25-17(21-11-7-16-5-2-1-3-6-16)15-22-18(26)19(8-12-20-13-9-19)24-14-4-10-23-24;/h1-6,10,14,20H,7-9,11-13,15H2,(H,21,25)(H,22,26);1H. The molecule has 1 aromatic carbocycles. The zero-order valence-corrected chi connectivity index (χ0v) is 16.0. The molecule has 0 aliphatic carbocycles. The average Bonchev–Trinajstić information content (AvgIpc) is 3.23. The van der Waals surface area contributed by atoms with Crippen molar-refractivity contribution in [2.75, 3.05) is 26.2 Å². The minimum Gasteiger partial charge on any atom is -0.354 e. The predicted octanol–water partition coefficient (Wildman–Crippen LogP) is 0.859. The number of carbonyl (C=O) groups excluding carboxylic acids is 2. The Labute approximate surface area is 165 Å². The highest BCUT2D eigenvalue weighted by atomic mass is 35.5. The van der Waals surface area contributed by atoms with Gasteiger partial charge in [-0.05, 0) is 44.0 Å². The maximum Gasteiger partial charge on any atom is 0.248 e. The minimum absolute atomic E-state index is 0. The Morgan fingerprint density at radius 1 is 1.11 bits per heavy atom. The number of carbonyl (C=O) groups is 2. The van der Waals surface area contributed by atoms with Crippen LogP contribution in [0.4, 0.5) is 0 Å². The van der Waals surface area contributed by atoms with Gasteiger partial charge in [-0.1, -0.05) is 30.3 Å². The number of amides is 2. The molecule has 0 atom stereocenters. The summed E-state index contributed by atoms with van der Waals surface area (Å²) in [6.07, 6.45) is 5.55. The second-order valence-electron chi connectivity index (χ2n) is 6.50. The van der Waals surface area contributed by atoms with E-state index >= 15 is 0 Å². The molecule has 7 nitrogen and oxygen atoms in total. The molecule has 3 rings (SSSR count). The van der Waals surface area contributed by atoms with E-state index in [1.54, 1.807) is 10.9 Å². The van der Waals surface area contributed by atoms with Crippen LogP contribution in [0.2, 0.25) is 0 Å². The molecule has 1 aliphatic heterocycles. The van der Waals surface area contributed by atoms with Crippen LogP contribution in [-0.4, -0.2) is 47.8 Å². The zero-order chi connectivity index (χ0) is 18.2. The van der Waals surface area contributed by atoms with Crippen LogP contribution >= 0.6 is 12.4 Å². The number of halogens is 1. The van der Waals surface area contributed by atoms with Crippen molar-refractivity contribution < 1.29 is 9.59 Å². The monoisotopic (exact) mass is 391 g/mol. The Bertz CT molecular complexity index is 715.